The average molecular weight is 712 g/mol. The standard InChI is InChI=1S/C35H57N3O8S2/c1-9-10-21-15-16-44-30-23(17-21)19-38(34(43)46-35(3,4)5)26(30)32(42)36-25(31-28(40)27(39)29(41)33(45-31)47-8)20(2)48-24-13-11-22(12-14-24)18-37(6)7/h11-14,20-21,23,25-31,33,39-41H,9-10,15-19H2,1-8H3,(H,36,42)/t20-,21+,23-,25+,26-,27?,28?,29+,30+,31+,33?/m0/s1. The van der Waals surface area contributed by atoms with E-state index in [0.717, 1.165) is 42.7 Å². The number of hydrogen-bond donors (Lipinski definition) is 4. The summed E-state index contributed by atoms with van der Waals surface area (Å²) in [5, 5.41) is 35.5. The van der Waals surface area contributed by atoms with Crippen molar-refractivity contribution in [1.29, 1.82) is 0 Å². The molecule has 1 aromatic rings. The molecule has 11 atom stereocenters. The normalized spacial score (nSPS) is 32.3. The maximum Gasteiger partial charge on any atom is 0.411 e. The van der Waals surface area contributed by atoms with Crippen LogP contribution in [0.25, 0.3) is 0 Å². The Morgan fingerprint density at radius 1 is 1.12 bits per heavy atom. The summed E-state index contributed by atoms with van der Waals surface area (Å²) in [4.78, 5) is 32.7. The molecule has 4 rings (SSSR count). The number of ether oxygens (including phenoxy) is 3. The molecule has 3 unspecified atom stereocenters. The van der Waals surface area contributed by atoms with Gasteiger partial charge in [0.2, 0.25) is 5.91 Å². The van der Waals surface area contributed by atoms with E-state index < -0.39 is 65.6 Å². The summed E-state index contributed by atoms with van der Waals surface area (Å²) in [6, 6.07) is 6.41. The second kappa shape index (κ2) is 17.1. The van der Waals surface area contributed by atoms with Crippen LogP contribution in [-0.4, -0.2) is 130 Å². The lowest BCUT2D eigenvalue weighted by molar-refractivity contribution is -0.205. The number of aliphatic hydroxyl groups excluding tert-OH is 3. The maximum absolute atomic E-state index is 14.6. The number of likely N-dealkylation sites (tertiary alicyclic amines) is 1. The first-order valence-electron chi connectivity index (χ1n) is 17.2. The number of aliphatic hydroxyl groups is 3. The number of rotatable bonds is 11. The smallest absolute Gasteiger partial charge is 0.411 e. The van der Waals surface area contributed by atoms with Gasteiger partial charge in [0, 0.05) is 35.8 Å². The van der Waals surface area contributed by atoms with Gasteiger partial charge in [-0.2, -0.15) is 0 Å². The van der Waals surface area contributed by atoms with Gasteiger partial charge in [0.05, 0.1) is 12.1 Å². The predicted octanol–water partition coefficient (Wildman–Crippen LogP) is 3.72. The molecular weight excluding hydrogens is 655 g/mol. The number of hydrogen-bond acceptors (Lipinski definition) is 11. The molecule has 3 aliphatic heterocycles. The molecule has 3 aliphatic rings. The zero-order valence-corrected chi connectivity index (χ0v) is 31.3. The lowest BCUT2D eigenvalue weighted by Crippen LogP contribution is -2.66. The van der Waals surface area contributed by atoms with Crippen molar-refractivity contribution in [3.63, 3.8) is 0 Å². The highest BCUT2D eigenvalue weighted by Crippen LogP contribution is 2.39. The molecule has 0 spiro atoms. The molecule has 0 saturated carbocycles. The van der Waals surface area contributed by atoms with Crippen molar-refractivity contribution in [3.05, 3.63) is 29.8 Å². The third kappa shape index (κ3) is 9.80. The van der Waals surface area contributed by atoms with Crippen LogP contribution in [0.15, 0.2) is 29.2 Å². The van der Waals surface area contributed by atoms with E-state index in [1.807, 2.05) is 33.2 Å². The van der Waals surface area contributed by atoms with Crippen molar-refractivity contribution in [2.45, 2.75) is 131 Å². The molecule has 0 radical (unpaired) electrons. The SMILES string of the molecule is CCC[C@@H]1CCO[C@@H]2[C@@H](C1)CN(C(=O)OC(C)(C)C)[C@@H]2C(=O)N[C@H]([C@H](C)Sc1ccc(CN(C)C)cc1)[C@H]1OC(SC)[C@H](O)C(O)C1O. The lowest BCUT2D eigenvalue weighted by Gasteiger charge is -2.45. The Bertz CT molecular complexity index is 1200. The van der Waals surface area contributed by atoms with Crippen molar-refractivity contribution in [2.24, 2.45) is 11.8 Å². The number of nitrogens with one attached hydrogen (secondary N) is 1. The van der Waals surface area contributed by atoms with E-state index >= 15 is 0 Å². The number of fused-ring (bicyclic) bond motifs is 1. The molecule has 2 amide bonds. The van der Waals surface area contributed by atoms with E-state index in [1.165, 1.54) is 28.4 Å². The van der Waals surface area contributed by atoms with Crippen LogP contribution in [0, 0.1) is 11.8 Å². The van der Waals surface area contributed by atoms with Gasteiger partial charge in [0.25, 0.3) is 0 Å². The van der Waals surface area contributed by atoms with Crippen molar-refractivity contribution in [2.75, 3.05) is 33.5 Å². The largest absolute Gasteiger partial charge is 0.444 e. The second-order valence-corrected chi connectivity index (χ2v) is 17.2. The molecule has 4 N–H and O–H groups in total. The zero-order chi connectivity index (χ0) is 35.3. The van der Waals surface area contributed by atoms with Crippen LogP contribution < -0.4 is 5.32 Å². The molecule has 0 aromatic heterocycles. The molecule has 3 heterocycles. The Morgan fingerprint density at radius 3 is 2.42 bits per heavy atom. The highest BCUT2D eigenvalue weighted by atomic mass is 32.2. The van der Waals surface area contributed by atoms with Crippen molar-refractivity contribution < 1.29 is 39.1 Å². The third-order valence-electron chi connectivity index (χ3n) is 9.36. The van der Waals surface area contributed by atoms with Gasteiger partial charge in [-0.1, -0.05) is 38.8 Å². The van der Waals surface area contributed by atoms with E-state index in [1.54, 1.807) is 27.0 Å². The van der Waals surface area contributed by atoms with E-state index in [4.69, 9.17) is 14.2 Å². The van der Waals surface area contributed by atoms with Crippen molar-refractivity contribution in [1.82, 2.24) is 15.1 Å². The van der Waals surface area contributed by atoms with E-state index in [-0.39, 0.29) is 11.2 Å². The number of nitrogens with zero attached hydrogens (tertiary/aromatic N) is 2. The van der Waals surface area contributed by atoms with E-state index in [0.29, 0.717) is 19.1 Å². The van der Waals surface area contributed by atoms with Gasteiger partial charge in [-0.3, -0.25) is 9.69 Å². The summed E-state index contributed by atoms with van der Waals surface area (Å²) in [7, 11) is 4.03. The average Bonchev–Trinajstić information content (AvgIpc) is 3.25. The van der Waals surface area contributed by atoms with Crippen LogP contribution in [0.3, 0.4) is 0 Å². The highest BCUT2D eigenvalue weighted by molar-refractivity contribution is 8.00. The molecule has 0 aliphatic carbocycles. The molecule has 3 saturated heterocycles. The molecule has 1 aromatic carbocycles. The monoisotopic (exact) mass is 711 g/mol. The van der Waals surface area contributed by atoms with E-state index in [9.17, 15) is 24.9 Å². The Labute approximate surface area is 294 Å². The summed E-state index contributed by atoms with van der Waals surface area (Å²) in [5.41, 5.74) is -0.408. The van der Waals surface area contributed by atoms with Crippen LogP contribution >= 0.6 is 23.5 Å². The van der Waals surface area contributed by atoms with Crippen LogP contribution in [-0.2, 0) is 25.5 Å². The minimum Gasteiger partial charge on any atom is -0.444 e. The highest BCUT2D eigenvalue weighted by Gasteiger charge is 2.53. The summed E-state index contributed by atoms with van der Waals surface area (Å²) in [6.07, 6.45) is -0.755. The van der Waals surface area contributed by atoms with Crippen molar-refractivity contribution in [3.8, 4) is 0 Å². The summed E-state index contributed by atoms with van der Waals surface area (Å²) in [6.45, 7) is 11.1. The summed E-state index contributed by atoms with van der Waals surface area (Å²) in [5.74, 6) is -0.0198. The van der Waals surface area contributed by atoms with Crippen LogP contribution in [0.2, 0.25) is 0 Å². The first kappa shape index (κ1) is 39.2. The molecule has 48 heavy (non-hydrogen) atoms. The quantitative estimate of drug-likeness (QED) is 0.250. The van der Waals surface area contributed by atoms with Gasteiger partial charge < -0.3 is 39.7 Å². The van der Waals surface area contributed by atoms with Crippen LogP contribution in [0.5, 0.6) is 0 Å². The molecular formula is C35H57N3O8S2. The molecule has 13 heteroatoms. The minimum absolute atomic E-state index is 0.0346. The fourth-order valence-corrected chi connectivity index (χ4v) is 8.91. The second-order valence-electron chi connectivity index (χ2n) is 14.8. The topological polar surface area (TPSA) is 141 Å². The molecule has 3 fully saturated rings. The zero-order valence-electron chi connectivity index (χ0n) is 29.7. The number of carbonyl (C=O) groups is 2. The number of thioether (sulfide) groups is 2. The van der Waals surface area contributed by atoms with Crippen LogP contribution in [0.1, 0.15) is 65.9 Å². The summed E-state index contributed by atoms with van der Waals surface area (Å²) < 4.78 is 18.4. The summed E-state index contributed by atoms with van der Waals surface area (Å²) >= 11 is 2.73. The lowest BCUT2D eigenvalue weighted by atomic mass is 9.87. The van der Waals surface area contributed by atoms with Gasteiger partial charge in [0.15, 0.2) is 0 Å². The maximum atomic E-state index is 14.6. The van der Waals surface area contributed by atoms with Crippen LogP contribution in [0.4, 0.5) is 4.79 Å². The fourth-order valence-electron chi connectivity index (χ4n) is 7.14. The Morgan fingerprint density at radius 2 is 1.81 bits per heavy atom. The molecule has 11 nitrogen and oxygen atoms in total. The minimum atomic E-state index is -1.47. The van der Waals surface area contributed by atoms with Gasteiger partial charge in [-0.15, -0.1) is 23.5 Å². The molecule has 272 valence electrons. The fraction of sp³-hybridized carbons (Fsp3) is 0.771. The number of amides is 2. The Hall–Kier alpha value is -1.58. The van der Waals surface area contributed by atoms with Gasteiger partial charge in [0.1, 0.15) is 41.5 Å². The third-order valence-corrected chi connectivity index (χ3v) is 11.4. The Balaban J connectivity index is 1.65. The van der Waals surface area contributed by atoms with Gasteiger partial charge in [-0.05, 0) is 77.6 Å². The Kier molecular flexibility index (Phi) is 14.0. The van der Waals surface area contributed by atoms with Crippen molar-refractivity contribution >= 4 is 35.5 Å². The molecule has 0 bridgehead atoms. The van der Waals surface area contributed by atoms with E-state index in [2.05, 4.69) is 29.3 Å². The van der Waals surface area contributed by atoms with Gasteiger partial charge >= 0.3 is 6.09 Å². The first-order valence-corrected chi connectivity index (χ1v) is 19.3. The number of benzene rings is 1. The van der Waals surface area contributed by atoms with Gasteiger partial charge in [-0.25, -0.2) is 4.79 Å². The number of carbonyl (C=O) groups excluding carboxylic acids is 2. The predicted molar refractivity (Wildman–Crippen MR) is 189 cm³/mol. The first-order chi connectivity index (χ1) is 22.6.